The fraction of sp³-hybridized carbons (Fsp3) is 1.00. The van der Waals surface area contributed by atoms with Gasteiger partial charge in [0.15, 0.2) is 5.79 Å². The van der Waals surface area contributed by atoms with Gasteiger partial charge in [-0.3, -0.25) is 0 Å². The van der Waals surface area contributed by atoms with Crippen molar-refractivity contribution >= 4 is 0 Å². The van der Waals surface area contributed by atoms with E-state index in [1.807, 2.05) is 20.8 Å². The van der Waals surface area contributed by atoms with Gasteiger partial charge in [-0.2, -0.15) is 0 Å². The fourth-order valence-electron chi connectivity index (χ4n) is 1.14. The van der Waals surface area contributed by atoms with Crippen LogP contribution in [-0.4, -0.2) is 18.1 Å². The largest absolute Gasteiger partial charge is 0.350 e. The smallest absolute Gasteiger partial charge is 0.165 e. The highest BCUT2D eigenvalue weighted by Gasteiger charge is 2.34. The van der Waals surface area contributed by atoms with Crippen molar-refractivity contribution in [2.24, 2.45) is 5.73 Å². The normalized spacial score (nSPS) is 39.6. The summed E-state index contributed by atoms with van der Waals surface area (Å²) in [6.45, 7) is 6.30. The van der Waals surface area contributed by atoms with Crippen molar-refractivity contribution in [3.8, 4) is 0 Å². The van der Waals surface area contributed by atoms with Gasteiger partial charge >= 0.3 is 0 Å². The van der Waals surface area contributed by atoms with Crippen molar-refractivity contribution in [1.82, 2.24) is 0 Å². The molecule has 1 aliphatic rings. The summed E-state index contributed by atoms with van der Waals surface area (Å²) >= 11 is 0. The molecule has 0 aliphatic carbocycles. The Morgan fingerprint density at radius 3 is 2.20 bits per heavy atom. The molecule has 10 heavy (non-hydrogen) atoms. The molecule has 3 nitrogen and oxygen atoms in total. The Morgan fingerprint density at radius 2 is 1.90 bits per heavy atom. The third-order valence-electron chi connectivity index (χ3n) is 1.53. The van der Waals surface area contributed by atoms with E-state index in [0.717, 1.165) is 6.42 Å². The number of hydrogen-bond acceptors (Lipinski definition) is 3. The zero-order chi connectivity index (χ0) is 7.83. The molecule has 0 aromatic rings. The van der Waals surface area contributed by atoms with Crippen LogP contribution in [-0.2, 0) is 9.47 Å². The highest BCUT2D eigenvalue weighted by molar-refractivity contribution is 4.74. The predicted octanol–water partition coefficient (Wildman–Crippen LogP) is 0.834. The zero-order valence-electron chi connectivity index (χ0n) is 6.81. The molecule has 1 fully saturated rings. The molecule has 1 atom stereocenters. The van der Waals surface area contributed by atoms with E-state index in [2.05, 4.69) is 0 Å². The van der Waals surface area contributed by atoms with Crippen LogP contribution in [0.4, 0.5) is 0 Å². The maximum atomic E-state index is 5.75. The van der Waals surface area contributed by atoms with Crippen LogP contribution in [0.25, 0.3) is 0 Å². The summed E-state index contributed by atoms with van der Waals surface area (Å²) < 4.78 is 10.7. The quantitative estimate of drug-likeness (QED) is 0.549. The number of rotatable bonds is 0. The zero-order valence-corrected chi connectivity index (χ0v) is 6.81. The first-order chi connectivity index (χ1) is 4.41. The predicted molar refractivity (Wildman–Crippen MR) is 38.3 cm³/mol. The molecular formula is C7H15NO2. The Balaban J connectivity index is 2.56. The number of ether oxygens (including phenoxy) is 2. The van der Waals surface area contributed by atoms with E-state index in [9.17, 15) is 0 Å². The summed E-state index contributed by atoms with van der Waals surface area (Å²) in [6, 6.07) is 0. The van der Waals surface area contributed by atoms with Gasteiger partial charge in [0, 0.05) is 6.42 Å². The fourth-order valence-corrected chi connectivity index (χ4v) is 1.14. The SMILES string of the molecule is CC1(N)CCOC(C)(C)O1. The van der Waals surface area contributed by atoms with Gasteiger partial charge in [0.1, 0.15) is 5.72 Å². The van der Waals surface area contributed by atoms with E-state index in [1.54, 1.807) is 0 Å². The van der Waals surface area contributed by atoms with Gasteiger partial charge in [-0.05, 0) is 20.8 Å². The van der Waals surface area contributed by atoms with E-state index in [1.165, 1.54) is 0 Å². The van der Waals surface area contributed by atoms with E-state index in [0.29, 0.717) is 6.61 Å². The van der Waals surface area contributed by atoms with Crippen LogP contribution in [0, 0.1) is 0 Å². The summed E-state index contributed by atoms with van der Waals surface area (Å²) in [5.41, 5.74) is 5.24. The van der Waals surface area contributed by atoms with Crippen molar-refractivity contribution in [2.45, 2.75) is 38.7 Å². The Morgan fingerprint density at radius 1 is 1.30 bits per heavy atom. The van der Waals surface area contributed by atoms with Crippen LogP contribution in [0.2, 0.25) is 0 Å². The minimum atomic E-state index is -0.512. The third kappa shape index (κ3) is 1.94. The number of hydrogen-bond donors (Lipinski definition) is 1. The lowest BCUT2D eigenvalue weighted by atomic mass is 10.1. The van der Waals surface area contributed by atoms with Crippen molar-refractivity contribution in [2.75, 3.05) is 6.61 Å². The molecule has 3 heteroatoms. The van der Waals surface area contributed by atoms with Crippen molar-refractivity contribution in [3.63, 3.8) is 0 Å². The Labute approximate surface area is 61.5 Å². The first-order valence-electron chi connectivity index (χ1n) is 3.54. The van der Waals surface area contributed by atoms with Crippen molar-refractivity contribution in [1.29, 1.82) is 0 Å². The minimum Gasteiger partial charge on any atom is -0.350 e. The van der Waals surface area contributed by atoms with Gasteiger partial charge in [0.2, 0.25) is 0 Å². The molecular weight excluding hydrogens is 130 g/mol. The maximum Gasteiger partial charge on any atom is 0.165 e. The van der Waals surface area contributed by atoms with Crippen molar-refractivity contribution < 1.29 is 9.47 Å². The molecule has 0 saturated carbocycles. The Hall–Kier alpha value is -0.120. The molecule has 0 aromatic heterocycles. The topological polar surface area (TPSA) is 44.5 Å². The molecule has 1 rings (SSSR count). The summed E-state index contributed by atoms with van der Waals surface area (Å²) in [7, 11) is 0. The molecule has 0 aromatic carbocycles. The lowest BCUT2D eigenvalue weighted by molar-refractivity contribution is -0.304. The van der Waals surface area contributed by atoms with Crippen LogP contribution < -0.4 is 5.73 Å². The molecule has 0 amide bonds. The second-order valence-electron chi connectivity index (χ2n) is 3.41. The first-order valence-corrected chi connectivity index (χ1v) is 3.54. The minimum absolute atomic E-state index is 0.512. The van der Waals surface area contributed by atoms with Crippen LogP contribution in [0.5, 0.6) is 0 Å². The third-order valence-corrected chi connectivity index (χ3v) is 1.53. The average Bonchev–Trinajstić information content (AvgIpc) is 1.56. The molecule has 1 heterocycles. The van der Waals surface area contributed by atoms with Gasteiger partial charge < -0.3 is 15.2 Å². The van der Waals surface area contributed by atoms with Gasteiger partial charge in [-0.1, -0.05) is 0 Å². The highest BCUT2D eigenvalue weighted by atomic mass is 16.7. The summed E-state index contributed by atoms with van der Waals surface area (Å²) in [6.07, 6.45) is 0.760. The van der Waals surface area contributed by atoms with Crippen LogP contribution in [0.1, 0.15) is 27.2 Å². The van der Waals surface area contributed by atoms with Gasteiger partial charge in [-0.25, -0.2) is 0 Å². The summed E-state index contributed by atoms with van der Waals surface area (Å²) in [5.74, 6) is -0.512. The standard InChI is InChI=1S/C7H15NO2/c1-6(2)9-5-4-7(3,8)10-6/h4-5,8H2,1-3H3. The molecule has 0 radical (unpaired) electrons. The second-order valence-corrected chi connectivity index (χ2v) is 3.41. The van der Waals surface area contributed by atoms with Gasteiger partial charge in [-0.15, -0.1) is 0 Å². The van der Waals surface area contributed by atoms with E-state index >= 15 is 0 Å². The van der Waals surface area contributed by atoms with E-state index < -0.39 is 11.5 Å². The molecule has 0 bridgehead atoms. The molecule has 0 spiro atoms. The van der Waals surface area contributed by atoms with Crippen LogP contribution >= 0.6 is 0 Å². The molecule has 60 valence electrons. The highest BCUT2D eigenvalue weighted by Crippen LogP contribution is 2.25. The van der Waals surface area contributed by atoms with Crippen LogP contribution in [0.15, 0.2) is 0 Å². The lowest BCUT2D eigenvalue weighted by Gasteiger charge is -2.40. The molecule has 1 saturated heterocycles. The second kappa shape index (κ2) is 2.19. The summed E-state index contributed by atoms with van der Waals surface area (Å²) in [5, 5.41) is 0. The van der Waals surface area contributed by atoms with E-state index in [-0.39, 0.29) is 0 Å². The molecule has 1 unspecified atom stereocenters. The van der Waals surface area contributed by atoms with Crippen LogP contribution in [0.3, 0.4) is 0 Å². The maximum absolute atomic E-state index is 5.75. The molecule has 1 aliphatic heterocycles. The van der Waals surface area contributed by atoms with Crippen molar-refractivity contribution in [3.05, 3.63) is 0 Å². The van der Waals surface area contributed by atoms with E-state index in [4.69, 9.17) is 15.2 Å². The summed E-state index contributed by atoms with van der Waals surface area (Å²) in [4.78, 5) is 0. The Bertz CT molecular complexity index is 118. The van der Waals surface area contributed by atoms with Gasteiger partial charge in [0.05, 0.1) is 6.61 Å². The molecule has 2 N–H and O–H groups in total. The first kappa shape index (κ1) is 7.98. The lowest BCUT2D eigenvalue weighted by Crippen LogP contribution is -2.52. The van der Waals surface area contributed by atoms with Gasteiger partial charge in [0.25, 0.3) is 0 Å². The number of nitrogens with two attached hydrogens (primary N) is 1. The average molecular weight is 145 g/mol. The Kier molecular flexibility index (Phi) is 1.75. The monoisotopic (exact) mass is 145 g/mol.